The van der Waals surface area contributed by atoms with E-state index < -0.39 is 17.7 Å². The van der Waals surface area contributed by atoms with Gasteiger partial charge in [-0.1, -0.05) is 30.3 Å². The molecule has 0 spiro atoms. The van der Waals surface area contributed by atoms with Gasteiger partial charge < -0.3 is 15.2 Å². The molecule has 0 saturated heterocycles. The van der Waals surface area contributed by atoms with Crippen LogP contribution in [0.3, 0.4) is 0 Å². The van der Waals surface area contributed by atoms with Gasteiger partial charge in [-0.3, -0.25) is 4.98 Å². The third-order valence-corrected chi connectivity index (χ3v) is 3.50. The molecule has 5 nitrogen and oxygen atoms in total. The number of carbonyl (C=O) groups excluding carboxylic acids is 1. The molecule has 1 heterocycles. The summed E-state index contributed by atoms with van der Waals surface area (Å²) in [6.45, 7) is 7.15. The molecule has 128 valence electrons. The molecule has 1 aromatic heterocycles. The highest BCUT2D eigenvalue weighted by Crippen LogP contribution is 2.24. The molecular weight excluding hydrogens is 304 g/mol. The molecule has 2 N–H and O–H groups in total. The zero-order chi connectivity index (χ0) is 17.7. The topological polar surface area (TPSA) is 71.5 Å². The Balaban J connectivity index is 2.13. The number of pyridine rings is 1. The summed E-state index contributed by atoms with van der Waals surface area (Å²) in [4.78, 5) is 16.2. The molecule has 1 aromatic carbocycles. The summed E-state index contributed by atoms with van der Waals surface area (Å²) in [5, 5.41) is 12.3. The first kappa shape index (κ1) is 17.9. The molecule has 0 saturated carbocycles. The molecular formula is C19H24N2O3. The number of alkyl carbamates (subject to hydrolysis) is 1. The van der Waals surface area contributed by atoms with Gasteiger partial charge in [-0.15, -0.1) is 0 Å². The van der Waals surface area contributed by atoms with Crippen LogP contribution in [-0.4, -0.2) is 28.4 Å². The minimum atomic E-state index is -0.578. The van der Waals surface area contributed by atoms with Crippen LogP contribution in [0.25, 0.3) is 11.1 Å². The second-order valence-corrected chi connectivity index (χ2v) is 6.64. The Morgan fingerprint density at radius 2 is 1.92 bits per heavy atom. The van der Waals surface area contributed by atoms with Crippen LogP contribution in [0.4, 0.5) is 4.79 Å². The van der Waals surface area contributed by atoms with E-state index in [0.29, 0.717) is 0 Å². The highest BCUT2D eigenvalue weighted by Gasteiger charge is 2.20. The Morgan fingerprint density at radius 1 is 1.25 bits per heavy atom. The standard InChI is InChI=1S/C19H24N2O3/c1-13-16(6-5-11-20-13)14-7-9-15(10-8-14)17(12-22)21-18(23)24-19(2,3)4/h5-11,17,22H,12H2,1-4H3,(H,21,23)/t17-/m0/s1. The van der Waals surface area contributed by atoms with E-state index in [1.807, 2.05) is 43.3 Å². The fraction of sp³-hybridized carbons (Fsp3) is 0.368. The van der Waals surface area contributed by atoms with E-state index in [1.165, 1.54) is 0 Å². The maximum Gasteiger partial charge on any atom is 0.408 e. The van der Waals surface area contributed by atoms with E-state index in [9.17, 15) is 9.90 Å². The van der Waals surface area contributed by atoms with Crippen molar-refractivity contribution < 1.29 is 14.6 Å². The Labute approximate surface area is 142 Å². The van der Waals surface area contributed by atoms with Crippen molar-refractivity contribution in [3.63, 3.8) is 0 Å². The average Bonchev–Trinajstić information content (AvgIpc) is 2.52. The van der Waals surface area contributed by atoms with Crippen LogP contribution >= 0.6 is 0 Å². The van der Waals surface area contributed by atoms with E-state index >= 15 is 0 Å². The van der Waals surface area contributed by atoms with Crippen LogP contribution in [0.15, 0.2) is 42.6 Å². The number of aliphatic hydroxyl groups excluding tert-OH is 1. The SMILES string of the molecule is Cc1ncccc1-c1ccc([C@H](CO)NC(=O)OC(C)(C)C)cc1. The molecule has 0 aliphatic heterocycles. The first-order valence-corrected chi connectivity index (χ1v) is 7.92. The molecule has 0 aliphatic rings. The molecule has 0 bridgehead atoms. The van der Waals surface area contributed by atoms with Crippen molar-refractivity contribution in [2.24, 2.45) is 0 Å². The zero-order valence-corrected chi connectivity index (χ0v) is 14.5. The van der Waals surface area contributed by atoms with Crippen LogP contribution < -0.4 is 5.32 Å². The summed E-state index contributed by atoms with van der Waals surface area (Å²) in [6.07, 6.45) is 1.22. The lowest BCUT2D eigenvalue weighted by atomic mass is 10.0. The number of carbonyl (C=O) groups is 1. The first-order chi connectivity index (χ1) is 11.3. The molecule has 0 fully saturated rings. The summed E-state index contributed by atoms with van der Waals surface area (Å²) in [7, 11) is 0. The second kappa shape index (κ2) is 7.45. The highest BCUT2D eigenvalue weighted by molar-refractivity contribution is 5.69. The Bertz CT molecular complexity index is 691. The van der Waals surface area contributed by atoms with Gasteiger partial charge in [0.25, 0.3) is 0 Å². The van der Waals surface area contributed by atoms with E-state index in [1.54, 1.807) is 27.0 Å². The van der Waals surface area contributed by atoms with Gasteiger partial charge in [-0.2, -0.15) is 0 Å². The normalized spacial score (nSPS) is 12.5. The summed E-state index contributed by atoms with van der Waals surface area (Å²) >= 11 is 0. The smallest absolute Gasteiger partial charge is 0.408 e. The predicted octanol–water partition coefficient (Wildman–Crippen LogP) is 3.62. The van der Waals surface area contributed by atoms with E-state index in [0.717, 1.165) is 22.4 Å². The number of rotatable bonds is 4. The Hall–Kier alpha value is -2.40. The summed E-state index contributed by atoms with van der Waals surface area (Å²) in [5.41, 5.74) is 3.29. The van der Waals surface area contributed by atoms with Gasteiger partial charge in [0, 0.05) is 17.5 Å². The van der Waals surface area contributed by atoms with E-state index in [-0.39, 0.29) is 6.61 Å². The van der Waals surface area contributed by atoms with Gasteiger partial charge in [0.15, 0.2) is 0 Å². The lowest BCUT2D eigenvalue weighted by Gasteiger charge is -2.23. The third kappa shape index (κ3) is 4.80. The molecule has 1 atom stereocenters. The van der Waals surface area contributed by atoms with Crippen molar-refractivity contribution in [2.45, 2.75) is 39.3 Å². The van der Waals surface area contributed by atoms with Crippen LogP contribution in [0, 0.1) is 6.92 Å². The van der Waals surface area contributed by atoms with Crippen molar-refractivity contribution >= 4 is 6.09 Å². The molecule has 24 heavy (non-hydrogen) atoms. The monoisotopic (exact) mass is 328 g/mol. The van der Waals surface area contributed by atoms with Crippen molar-refractivity contribution in [3.05, 3.63) is 53.9 Å². The van der Waals surface area contributed by atoms with Gasteiger partial charge in [0.1, 0.15) is 5.60 Å². The maximum absolute atomic E-state index is 11.9. The lowest BCUT2D eigenvalue weighted by molar-refractivity contribution is 0.0482. The van der Waals surface area contributed by atoms with Crippen molar-refractivity contribution in [3.8, 4) is 11.1 Å². The molecule has 2 rings (SSSR count). The zero-order valence-electron chi connectivity index (χ0n) is 14.5. The third-order valence-electron chi connectivity index (χ3n) is 3.50. The second-order valence-electron chi connectivity index (χ2n) is 6.64. The number of amides is 1. The van der Waals surface area contributed by atoms with Gasteiger partial charge >= 0.3 is 6.09 Å². The number of benzene rings is 1. The summed E-state index contributed by atoms with van der Waals surface area (Å²) < 4.78 is 5.23. The van der Waals surface area contributed by atoms with Crippen LogP contribution in [0.1, 0.15) is 38.1 Å². The number of aliphatic hydroxyl groups is 1. The summed E-state index contributed by atoms with van der Waals surface area (Å²) in [5.74, 6) is 0. The van der Waals surface area contributed by atoms with Gasteiger partial charge in [-0.25, -0.2) is 4.79 Å². The Kier molecular flexibility index (Phi) is 5.57. The lowest BCUT2D eigenvalue weighted by Crippen LogP contribution is -2.36. The number of hydrogen-bond donors (Lipinski definition) is 2. The van der Waals surface area contributed by atoms with Gasteiger partial charge in [-0.05, 0) is 44.9 Å². The number of nitrogens with zero attached hydrogens (tertiary/aromatic N) is 1. The van der Waals surface area contributed by atoms with E-state index in [2.05, 4.69) is 10.3 Å². The number of ether oxygens (including phenoxy) is 1. The molecule has 1 amide bonds. The largest absolute Gasteiger partial charge is 0.444 e. The van der Waals surface area contributed by atoms with Gasteiger partial charge in [0.2, 0.25) is 0 Å². The highest BCUT2D eigenvalue weighted by atomic mass is 16.6. The van der Waals surface area contributed by atoms with Crippen LogP contribution in [0.5, 0.6) is 0 Å². The van der Waals surface area contributed by atoms with Crippen molar-refractivity contribution in [1.82, 2.24) is 10.3 Å². The molecule has 0 aliphatic carbocycles. The number of aryl methyl sites for hydroxylation is 1. The number of hydrogen-bond acceptors (Lipinski definition) is 4. The average molecular weight is 328 g/mol. The van der Waals surface area contributed by atoms with Crippen LogP contribution in [-0.2, 0) is 4.74 Å². The number of aromatic nitrogens is 1. The molecule has 0 radical (unpaired) electrons. The summed E-state index contributed by atoms with van der Waals surface area (Å²) in [6, 6.07) is 11.1. The molecule has 2 aromatic rings. The minimum Gasteiger partial charge on any atom is -0.444 e. The Morgan fingerprint density at radius 3 is 2.46 bits per heavy atom. The predicted molar refractivity (Wildman–Crippen MR) is 93.6 cm³/mol. The van der Waals surface area contributed by atoms with E-state index in [4.69, 9.17) is 4.74 Å². The molecule has 0 unspecified atom stereocenters. The van der Waals surface area contributed by atoms with Gasteiger partial charge in [0.05, 0.1) is 12.6 Å². The van der Waals surface area contributed by atoms with Crippen LogP contribution in [0.2, 0.25) is 0 Å². The van der Waals surface area contributed by atoms with Crippen molar-refractivity contribution in [1.29, 1.82) is 0 Å². The quantitative estimate of drug-likeness (QED) is 0.899. The van der Waals surface area contributed by atoms with Crippen molar-refractivity contribution in [2.75, 3.05) is 6.61 Å². The molecule has 5 heteroatoms. The fourth-order valence-corrected chi connectivity index (χ4v) is 2.37. The minimum absolute atomic E-state index is 0.204. The maximum atomic E-state index is 11.9. The number of nitrogens with one attached hydrogen (secondary N) is 1. The fourth-order valence-electron chi connectivity index (χ4n) is 2.37. The first-order valence-electron chi connectivity index (χ1n) is 7.92.